The number of rotatable bonds is 3. The van der Waals surface area contributed by atoms with E-state index in [-0.39, 0.29) is 12.3 Å². The van der Waals surface area contributed by atoms with Gasteiger partial charge in [-0.2, -0.15) is 0 Å². The quantitative estimate of drug-likeness (QED) is 0.811. The number of carbonyl (C=O) groups is 1. The zero-order valence-corrected chi connectivity index (χ0v) is 12.4. The third-order valence-electron chi connectivity index (χ3n) is 3.53. The van der Waals surface area contributed by atoms with Crippen molar-refractivity contribution < 1.29 is 4.79 Å². The molecule has 22 heavy (non-hydrogen) atoms. The number of benzene rings is 1. The van der Waals surface area contributed by atoms with Crippen molar-refractivity contribution in [3.63, 3.8) is 0 Å². The molecule has 6 heteroatoms. The van der Waals surface area contributed by atoms with Crippen molar-refractivity contribution in [2.24, 2.45) is 0 Å². The van der Waals surface area contributed by atoms with Gasteiger partial charge in [0.2, 0.25) is 0 Å². The van der Waals surface area contributed by atoms with Crippen molar-refractivity contribution in [3.05, 3.63) is 54.4 Å². The van der Waals surface area contributed by atoms with Crippen molar-refractivity contribution in [3.8, 4) is 0 Å². The number of hydrogen-bond acceptors (Lipinski definition) is 4. The van der Waals surface area contributed by atoms with Gasteiger partial charge in [0.15, 0.2) is 6.29 Å². The fourth-order valence-electron chi connectivity index (χ4n) is 2.48. The molecule has 3 rings (SSSR count). The molecular formula is C16H19N5O. The summed E-state index contributed by atoms with van der Waals surface area (Å²) in [6.45, 7) is 3.16. The van der Waals surface area contributed by atoms with Crippen LogP contribution in [0.3, 0.4) is 0 Å². The molecule has 6 nitrogen and oxygen atoms in total. The number of carbonyl (C=O) groups excluding carboxylic acids is 1. The molecule has 0 spiro atoms. The minimum absolute atomic E-state index is 0.147. The highest BCUT2D eigenvalue weighted by molar-refractivity contribution is 5.93. The van der Waals surface area contributed by atoms with Crippen molar-refractivity contribution in [1.82, 2.24) is 15.6 Å². The number of amides is 2. The number of urea groups is 1. The van der Waals surface area contributed by atoms with Gasteiger partial charge in [-0.15, -0.1) is 0 Å². The number of fused-ring (bicyclic) bond motifs is 1. The van der Waals surface area contributed by atoms with Crippen LogP contribution >= 0.6 is 0 Å². The maximum Gasteiger partial charge on any atom is 0.324 e. The van der Waals surface area contributed by atoms with E-state index in [0.717, 1.165) is 16.9 Å². The summed E-state index contributed by atoms with van der Waals surface area (Å²) in [5, 5.41) is 9.52. The van der Waals surface area contributed by atoms with E-state index in [1.54, 1.807) is 17.3 Å². The van der Waals surface area contributed by atoms with Crippen molar-refractivity contribution in [2.45, 2.75) is 19.8 Å². The number of hydrogen-bond donors (Lipinski definition) is 3. The van der Waals surface area contributed by atoms with Gasteiger partial charge in [0, 0.05) is 25.0 Å². The lowest BCUT2D eigenvalue weighted by Gasteiger charge is -2.36. The summed E-state index contributed by atoms with van der Waals surface area (Å²) < 4.78 is 0. The fraction of sp³-hybridized carbons (Fsp3) is 0.250. The van der Waals surface area contributed by atoms with E-state index in [0.29, 0.717) is 13.1 Å². The highest BCUT2D eigenvalue weighted by Crippen LogP contribution is 2.23. The maximum absolute atomic E-state index is 12.5. The van der Waals surface area contributed by atoms with E-state index >= 15 is 0 Å². The van der Waals surface area contributed by atoms with E-state index in [4.69, 9.17) is 0 Å². The number of para-hydroxylation sites is 1. The van der Waals surface area contributed by atoms with Crippen LogP contribution in [0.25, 0.3) is 0 Å². The summed E-state index contributed by atoms with van der Waals surface area (Å²) in [7, 11) is 0. The average molecular weight is 297 g/mol. The predicted octanol–water partition coefficient (Wildman–Crippen LogP) is 2.12. The molecule has 0 radical (unpaired) electrons. The molecule has 2 heterocycles. The van der Waals surface area contributed by atoms with Gasteiger partial charge in [-0.05, 0) is 30.7 Å². The van der Waals surface area contributed by atoms with E-state index in [9.17, 15) is 4.79 Å². The van der Waals surface area contributed by atoms with E-state index < -0.39 is 0 Å². The third-order valence-corrected chi connectivity index (χ3v) is 3.53. The number of nitrogens with zero attached hydrogens (tertiary/aromatic N) is 2. The zero-order chi connectivity index (χ0) is 15.4. The molecule has 1 aromatic carbocycles. The van der Waals surface area contributed by atoms with Crippen LogP contribution in [0.4, 0.5) is 16.2 Å². The molecule has 1 aliphatic heterocycles. The van der Waals surface area contributed by atoms with Crippen LogP contribution in [0.1, 0.15) is 12.5 Å². The average Bonchev–Trinajstić information content (AvgIpc) is 2.56. The van der Waals surface area contributed by atoms with Gasteiger partial charge >= 0.3 is 6.03 Å². The third kappa shape index (κ3) is 2.87. The van der Waals surface area contributed by atoms with Crippen molar-refractivity contribution in [1.29, 1.82) is 0 Å². The Morgan fingerprint density at radius 2 is 2.18 bits per heavy atom. The molecule has 0 aliphatic carbocycles. The Hall–Kier alpha value is -2.60. The Labute approximate surface area is 129 Å². The number of pyridine rings is 1. The van der Waals surface area contributed by atoms with E-state index in [1.165, 1.54) is 0 Å². The Bertz CT molecular complexity index is 646. The van der Waals surface area contributed by atoms with Crippen LogP contribution in [0, 0.1) is 0 Å². The summed E-state index contributed by atoms with van der Waals surface area (Å²) in [6, 6.07) is 11.4. The van der Waals surface area contributed by atoms with Crippen LogP contribution in [-0.2, 0) is 6.54 Å². The molecule has 0 fully saturated rings. The number of anilines is 2. The highest BCUT2D eigenvalue weighted by Gasteiger charge is 2.27. The monoisotopic (exact) mass is 297 g/mol. The first-order valence-electron chi connectivity index (χ1n) is 7.34. The van der Waals surface area contributed by atoms with Crippen LogP contribution in [0.2, 0.25) is 0 Å². The molecule has 1 atom stereocenters. The number of aromatic nitrogens is 1. The predicted molar refractivity (Wildman–Crippen MR) is 86.5 cm³/mol. The van der Waals surface area contributed by atoms with Gasteiger partial charge < -0.3 is 10.6 Å². The Morgan fingerprint density at radius 1 is 1.36 bits per heavy atom. The van der Waals surface area contributed by atoms with E-state index in [1.807, 2.05) is 43.3 Å². The molecule has 2 amide bonds. The first kappa shape index (κ1) is 14.3. The second-order valence-electron chi connectivity index (χ2n) is 5.00. The standard InChI is InChI=1S/C16H19N5O/c1-2-18-16(22)21(13-6-4-3-5-7-13)15-19-10-12-8-9-17-11-14(12)20-15/h3-9,11,15,19-20H,2,10H2,1H3,(H,18,22). The summed E-state index contributed by atoms with van der Waals surface area (Å²) in [5.41, 5.74) is 2.90. The van der Waals surface area contributed by atoms with Crippen molar-refractivity contribution >= 4 is 17.4 Å². The largest absolute Gasteiger partial charge is 0.351 e. The minimum Gasteiger partial charge on any atom is -0.351 e. The molecule has 3 N–H and O–H groups in total. The second kappa shape index (κ2) is 6.44. The molecule has 0 saturated carbocycles. The molecular weight excluding hydrogens is 278 g/mol. The van der Waals surface area contributed by atoms with Gasteiger partial charge in [-0.1, -0.05) is 18.2 Å². The molecule has 1 unspecified atom stereocenters. The normalized spacial score (nSPS) is 16.3. The summed E-state index contributed by atoms with van der Waals surface area (Å²) >= 11 is 0. The Kier molecular flexibility index (Phi) is 4.20. The molecule has 2 aromatic rings. The summed E-state index contributed by atoms with van der Waals surface area (Å²) in [6.07, 6.45) is 3.22. The van der Waals surface area contributed by atoms with Gasteiger partial charge in [0.05, 0.1) is 11.9 Å². The second-order valence-corrected chi connectivity index (χ2v) is 5.00. The lowest BCUT2D eigenvalue weighted by molar-refractivity contribution is 0.243. The first-order valence-corrected chi connectivity index (χ1v) is 7.34. The zero-order valence-electron chi connectivity index (χ0n) is 12.4. The smallest absolute Gasteiger partial charge is 0.324 e. The highest BCUT2D eigenvalue weighted by atomic mass is 16.2. The molecule has 1 aromatic heterocycles. The minimum atomic E-state index is -0.328. The lowest BCUT2D eigenvalue weighted by atomic mass is 10.2. The van der Waals surface area contributed by atoms with Gasteiger partial charge in [0.25, 0.3) is 0 Å². The first-order chi connectivity index (χ1) is 10.8. The molecule has 0 saturated heterocycles. The summed E-state index contributed by atoms with van der Waals surface area (Å²) in [4.78, 5) is 18.3. The van der Waals surface area contributed by atoms with Crippen LogP contribution < -0.4 is 20.9 Å². The van der Waals surface area contributed by atoms with Crippen molar-refractivity contribution in [2.75, 3.05) is 16.8 Å². The number of nitrogens with one attached hydrogen (secondary N) is 3. The maximum atomic E-state index is 12.5. The van der Waals surface area contributed by atoms with Gasteiger partial charge in [0.1, 0.15) is 0 Å². The lowest BCUT2D eigenvalue weighted by Crippen LogP contribution is -2.58. The molecule has 0 bridgehead atoms. The molecule has 114 valence electrons. The van der Waals surface area contributed by atoms with Crippen LogP contribution in [0.5, 0.6) is 0 Å². The Balaban J connectivity index is 1.89. The Morgan fingerprint density at radius 3 is 2.95 bits per heavy atom. The fourth-order valence-corrected chi connectivity index (χ4v) is 2.48. The topological polar surface area (TPSA) is 69.3 Å². The molecule has 1 aliphatic rings. The SMILES string of the molecule is CCNC(=O)N(c1ccccc1)C1NCc2ccncc2N1. The summed E-state index contributed by atoms with van der Waals surface area (Å²) in [5.74, 6) is 0. The van der Waals surface area contributed by atoms with Gasteiger partial charge in [-0.25, -0.2) is 4.79 Å². The van der Waals surface area contributed by atoms with Gasteiger partial charge in [-0.3, -0.25) is 15.2 Å². The van der Waals surface area contributed by atoms with E-state index in [2.05, 4.69) is 20.9 Å². The van der Waals surface area contributed by atoms with Crippen LogP contribution in [0.15, 0.2) is 48.8 Å². The van der Waals surface area contributed by atoms with Crippen LogP contribution in [-0.4, -0.2) is 23.8 Å².